The van der Waals surface area contributed by atoms with Gasteiger partial charge < -0.3 is 25.3 Å². The van der Waals surface area contributed by atoms with Gasteiger partial charge in [0.05, 0.1) is 6.42 Å². The Kier molecular flexibility index (Phi) is 5.85. The molecule has 1 atom stereocenters. The highest BCUT2D eigenvalue weighted by molar-refractivity contribution is 7.53. The first kappa shape index (κ1) is 18.3. The molecule has 0 saturated heterocycles. The third-order valence-electron chi connectivity index (χ3n) is 3.08. The molecule has 0 fully saturated rings. The van der Waals surface area contributed by atoms with Crippen molar-refractivity contribution in [3.63, 3.8) is 0 Å². The third-order valence-corrected chi connectivity index (χ3v) is 4.56. The fourth-order valence-corrected chi connectivity index (χ4v) is 2.01. The van der Waals surface area contributed by atoms with Crippen molar-refractivity contribution in [3.8, 4) is 0 Å². The fourth-order valence-electron chi connectivity index (χ4n) is 1.61. The number of nitrogens with one attached hydrogen (secondary N) is 1. The average molecular weight is 331 g/mol. The average Bonchev–Trinajstić information content (AvgIpc) is 2.37. The van der Waals surface area contributed by atoms with Crippen LogP contribution < -0.4 is 5.32 Å². The van der Waals surface area contributed by atoms with Crippen LogP contribution in [0.5, 0.6) is 0 Å². The maximum atomic E-state index is 11.8. The van der Waals surface area contributed by atoms with Crippen molar-refractivity contribution < 1.29 is 34.2 Å². The predicted molar refractivity (Wildman–Crippen MR) is 77.4 cm³/mol. The van der Waals surface area contributed by atoms with Gasteiger partial charge >= 0.3 is 13.6 Å². The molecule has 1 aromatic carbocycles. The summed E-state index contributed by atoms with van der Waals surface area (Å²) in [6.07, 6.45) is -0.451. The third kappa shape index (κ3) is 5.23. The molecule has 0 aliphatic heterocycles. The Labute approximate surface area is 126 Å². The van der Waals surface area contributed by atoms with E-state index in [1.54, 1.807) is 0 Å². The van der Waals surface area contributed by atoms with Crippen molar-refractivity contribution in [2.75, 3.05) is 6.54 Å². The standard InChI is InChI=1S/C13H18NO7P/c1-13(18,22(19,20)21)6-7-14-12(17)10-4-2-9(3-5-10)8-11(15)16/h2-5,18H,6-8H2,1H3,(H,14,17)(H,15,16)(H2,19,20,21). The van der Waals surface area contributed by atoms with E-state index in [1.807, 2.05) is 0 Å². The summed E-state index contributed by atoms with van der Waals surface area (Å²) < 4.78 is 11.0. The summed E-state index contributed by atoms with van der Waals surface area (Å²) >= 11 is 0. The van der Waals surface area contributed by atoms with Crippen LogP contribution in [0.1, 0.15) is 29.3 Å². The van der Waals surface area contributed by atoms with Crippen LogP contribution in [0.2, 0.25) is 0 Å². The van der Waals surface area contributed by atoms with Gasteiger partial charge in [-0.25, -0.2) is 0 Å². The first-order chi connectivity index (χ1) is 10.0. The molecule has 122 valence electrons. The molecule has 0 aliphatic carbocycles. The van der Waals surface area contributed by atoms with Gasteiger partial charge in [-0.15, -0.1) is 0 Å². The second-order valence-corrected chi connectivity index (χ2v) is 7.09. The minimum atomic E-state index is -4.67. The number of rotatable bonds is 7. The van der Waals surface area contributed by atoms with Crippen LogP contribution in [0.15, 0.2) is 24.3 Å². The van der Waals surface area contributed by atoms with E-state index in [1.165, 1.54) is 24.3 Å². The van der Waals surface area contributed by atoms with Gasteiger partial charge in [0.15, 0.2) is 5.34 Å². The second kappa shape index (κ2) is 7.02. The number of benzene rings is 1. The Hall–Kier alpha value is -1.73. The number of carbonyl (C=O) groups is 2. The van der Waals surface area contributed by atoms with E-state index in [2.05, 4.69) is 5.32 Å². The summed E-state index contributed by atoms with van der Waals surface area (Å²) in [4.78, 5) is 40.2. The molecule has 0 spiro atoms. The van der Waals surface area contributed by atoms with Gasteiger partial charge in [0.2, 0.25) is 0 Å². The lowest BCUT2D eigenvalue weighted by atomic mass is 10.1. The summed E-state index contributed by atoms with van der Waals surface area (Å²) in [7, 11) is -4.67. The summed E-state index contributed by atoms with van der Waals surface area (Å²) in [5.74, 6) is -1.46. The van der Waals surface area contributed by atoms with Gasteiger partial charge in [-0.05, 0) is 24.6 Å². The van der Waals surface area contributed by atoms with E-state index >= 15 is 0 Å². The lowest BCUT2D eigenvalue weighted by molar-refractivity contribution is -0.136. The van der Waals surface area contributed by atoms with E-state index < -0.39 is 24.8 Å². The lowest BCUT2D eigenvalue weighted by Gasteiger charge is -2.24. The van der Waals surface area contributed by atoms with Crippen molar-refractivity contribution in [2.45, 2.75) is 25.1 Å². The van der Waals surface area contributed by atoms with Crippen LogP contribution in [-0.4, -0.2) is 43.8 Å². The molecule has 0 saturated carbocycles. The fraction of sp³-hybridized carbons (Fsp3) is 0.385. The van der Waals surface area contributed by atoms with E-state index in [4.69, 9.17) is 14.9 Å². The molecular formula is C13H18NO7P. The summed E-state index contributed by atoms with van der Waals surface area (Å²) in [5.41, 5.74) is 0.832. The predicted octanol–water partition coefficient (Wildman–Crippen LogP) is 0.320. The van der Waals surface area contributed by atoms with Crippen LogP contribution >= 0.6 is 7.60 Å². The first-order valence-corrected chi connectivity index (χ1v) is 8.01. The zero-order chi connectivity index (χ0) is 17.0. The molecule has 1 aromatic rings. The van der Waals surface area contributed by atoms with Gasteiger partial charge in [-0.1, -0.05) is 12.1 Å². The minimum Gasteiger partial charge on any atom is -0.481 e. The zero-order valence-corrected chi connectivity index (χ0v) is 12.8. The zero-order valence-electron chi connectivity index (χ0n) is 11.9. The molecule has 1 rings (SSSR count). The topological polar surface area (TPSA) is 144 Å². The Morgan fingerprint density at radius 3 is 2.23 bits per heavy atom. The van der Waals surface area contributed by atoms with E-state index in [0.29, 0.717) is 5.56 Å². The van der Waals surface area contributed by atoms with Crippen LogP contribution in [0.3, 0.4) is 0 Å². The Morgan fingerprint density at radius 2 is 1.77 bits per heavy atom. The highest BCUT2D eigenvalue weighted by Gasteiger charge is 2.39. The largest absolute Gasteiger partial charge is 0.481 e. The molecule has 0 radical (unpaired) electrons. The number of aliphatic hydroxyl groups is 1. The molecule has 8 nitrogen and oxygen atoms in total. The van der Waals surface area contributed by atoms with Gasteiger partial charge in [-0.3, -0.25) is 14.2 Å². The molecule has 0 aromatic heterocycles. The number of hydrogen-bond donors (Lipinski definition) is 5. The Morgan fingerprint density at radius 1 is 1.23 bits per heavy atom. The van der Waals surface area contributed by atoms with Gasteiger partial charge in [0.25, 0.3) is 5.91 Å². The highest BCUT2D eigenvalue weighted by Crippen LogP contribution is 2.50. The molecule has 9 heteroatoms. The van der Waals surface area contributed by atoms with Crippen molar-refractivity contribution >= 4 is 19.5 Å². The van der Waals surface area contributed by atoms with Gasteiger partial charge in [-0.2, -0.15) is 0 Å². The maximum Gasteiger partial charge on any atom is 0.356 e. The number of aliphatic carboxylic acids is 1. The Balaban J connectivity index is 2.56. The first-order valence-electron chi connectivity index (χ1n) is 6.40. The van der Waals surface area contributed by atoms with Crippen LogP contribution in [-0.2, 0) is 15.8 Å². The molecule has 0 heterocycles. The molecule has 1 amide bonds. The van der Waals surface area contributed by atoms with Crippen molar-refractivity contribution in [2.24, 2.45) is 0 Å². The molecular weight excluding hydrogens is 313 g/mol. The summed E-state index contributed by atoms with van der Waals surface area (Å²) in [6.45, 7) is 0.883. The van der Waals surface area contributed by atoms with E-state index in [9.17, 15) is 19.3 Å². The van der Waals surface area contributed by atoms with Crippen molar-refractivity contribution in [3.05, 3.63) is 35.4 Å². The number of carbonyl (C=O) groups excluding carboxylic acids is 1. The summed E-state index contributed by atoms with van der Waals surface area (Å²) in [6, 6.07) is 5.92. The Bertz CT molecular complexity index is 591. The number of hydrogen-bond acceptors (Lipinski definition) is 4. The SMILES string of the molecule is CC(O)(CCNC(=O)c1ccc(CC(=O)O)cc1)P(=O)(O)O. The van der Waals surface area contributed by atoms with Gasteiger partial charge in [0.1, 0.15) is 0 Å². The van der Waals surface area contributed by atoms with E-state index in [0.717, 1.165) is 6.92 Å². The molecule has 22 heavy (non-hydrogen) atoms. The monoisotopic (exact) mass is 331 g/mol. The highest BCUT2D eigenvalue weighted by atomic mass is 31.2. The minimum absolute atomic E-state index is 0.117. The summed E-state index contributed by atoms with van der Waals surface area (Å²) in [5, 5.41) is 18.4. The van der Waals surface area contributed by atoms with Crippen molar-refractivity contribution in [1.82, 2.24) is 5.32 Å². The van der Waals surface area contributed by atoms with Crippen LogP contribution in [0.4, 0.5) is 0 Å². The number of carboxylic acids is 1. The van der Waals surface area contributed by atoms with Crippen LogP contribution in [0.25, 0.3) is 0 Å². The van der Waals surface area contributed by atoms with E-state index in [-0.39, 0.29) is 24.9 Å². The lowest BCUT2D eigenvalue weighted by Crippen LogP contribution is -2.32. The normalized spacial score (nSPS) is 14.2. The molecule has 5 N–H and O–H groups in total. The van der Waals surface area contributed by atoms with Crippen LogP contribution in [0, 0.1) is 0 Å². The second-order valence-electron chi connectivity index (χ2n) is 5.03. The smallest absolute Gasteiger partial charge is 0.356 e. The molecule has 1 unspecified atom stereocenters. The maximum absolute atomic E-state index is 11.8. The number of amides is 1. The van der Waals surface area contributed by atoms with Crippen molar-refractivity contribution in [1.29, 1.82) is 0 Å². The molecule has 0 bridgehead atoms. The number of carboxylic acid groups (broad SMARTS) is 1. The molecule has 0 aliphatic rings. The quantitative estimate of drug-likeness (QED) is 0.452. The van der Waals surface area contributed by atoms with Gasteiger partial charge in [0, 0.05) is 18.5 Å².